The van der Waals surface area contributed by atoms with Crippen LogP contribution < -0.4 is 0 Å². The number of carbonyl (C=O) groups is 1. The minimum absolute atomic E-state index is 0.0267. The third-order valence-electron chi connectivity index (χ3n) is 3.96. The molecule has 2 aromatic rings. The van der Waals surface area contributed by atoms with Gasteiger partial charge in [-0.2, -0.15) is 5.10 Å². The fourth-order valence-electron chi connectivity index (χ4n) is 2.75. The number of piperazine rings is 1. The molecule has 6 nitrogen and oxygen atoms in total. The largest absolute Gasteiger partial charge is 0.335 e. The molecule has 1 N–H and O–H groups in total. The number of nitrogens with one attached hydrogen (secondary N) is 1. The van der Waals surface area contributed by atoms with Crippen molar-refractivity contribution in [1.82, 2.24) is 25.0 Å². The molecule has 0 atom stereocenters. The molecule has 116 valence electrons. The molecule has 1 saturated heterocycles. The number of aromatic nitrogens is 3. The maximum absolute atomic E-state index is 12.5. The van der Waals surface area contributed by atoms with E-state index in [1.54, 1.807) is 18.5 Å². The fraction of sp³-hybridized carbons (Fsp3) is 0.438. The molecule has 2 aromatic heterocycles. The lowest BCUT2D eigenvalue weighted by molar-refractivity contribution is 0.0631. The van der Waals surface area contributed by atoms with E-state index in [9.17, 15) is 4.79 Å². The van der Waals surface area contributed by atoms with E-state index in [0.29, 0.717) is 5.69 Å². The van der Waals surface area contributed by atoms with E-state index >= 15 is 0 Å². The first-order valence-electron chi connectivity index (χ1n) is 7.75. The highest BCUT2D eigenvalue weighted by Gasteiger charge is 2.23. The third-order valence-corrected chi connectivity index (χ3v) is 3.96. The SMILES string of the molecule is CCCN1CCN(C(=O)c2cc(-c3cccnc3)n[nH]2)CC1. The van der Waals surface area contributed by atoms with Crippen LogP contribution in [-0.2, 0) is 0 Å². The molecule has 0 aliphatic carbocycles. The number of aromatic amines is 1. The lowest BCUT2D eigenvalue weighted by atomic mass is 10.2. The lowest BCUT2D eigenvalue weighted by Crippen LogP contribution is -2.48. The van der Waals surface area contributed by atoms with E-state index < -0.39 is 0 Å². The monoisotopic (exact) mass is 299 g/mol. The number of rotatable bonds is 4. The highest BCUT2D eigenvalue weighted by Crippen LogP contribution is 2.17. The van der Waals surface area contributed by atoms with Crippen LogP contribution in [-0.4, -0.2) is 63.6 Å². The van der Waals surface area contributed by atoms with Gasteiger partial charge in [-0.05, 0) is 31.2 Å². The van der Waals surface area contributed by atoms with Gasteiger partial charge in [0, 0.05) is 44.1 Å². The Balaban J connectivity index is 1.65. The summed E-state index contributed by atoms with van der Waals surface area (Å²) in [5.74, 6) is 0.0267. The normalized spacial score (nSPS) is 16.0. The zero-order chi connectivity index (χ0) is 15.4. The van der Waals surface area contributed by atoms with Crippen molar-refractivity contribution in [3.63, 3.8) is 0 Å². The molecule has 22 heavy (non-hydrogen) atoms. The van der Waals surface area contributed by atoms with Gasteiger partial charge in [-0.15, -0.1) is 0 Å². The van der Waals surface area contributed by atoms with E-state index in [1.165, 1.54) is 0 Å². The molecule has 1 fully saturated rings. The minimum atomic E-state index is 0.0267. The number of amides is 1. The second-order valence-electron chi connectivity index (χ2n) is 5.54. The van der Waals surface area contributed by atoms with Crippen LogP contribution in [0.3, 0.4) is 0 Å². The van der Waals surface area contributed by atoms with Gasteiger partial charge in [0.1, 0.15) is 5.69 Å². The van der Waals surface area contributed by atoms with Crippen molar-refractivity contribution in [3.05, 3.63) is 36.3 Å². The van der Waals surface area contributed by atoms with Gasteiger partial charge in [-0.25, -0.2) is 0 Å². The third kappa shape index (κ3) is 3.17. The van der Waals surface area contributed by atoms with Crippen LogP contribution in [0, 0.1) is 0 Å². The molecule has 1 aliphatic rings. The van der Waals surface area contributed by atoms with Crippen LogP contribution in [0.1, 0.15) is 23.8 Å². The predicted octanol–water partition coefficient (Wildman–Crippen LogP) is 1.64. The van der Waals surface area contributed by atoms with Crippen molar-refractivity contribution >= 4 is 5.91 Å². The summed E-state index contributed by atoms with van der Waals surface area (Å²) in [5, 5.41) is 7.08. The van der Waals surface area contributed by atoms with Crippen molar-refractivity contribution in [2.24, 2.45) is 0 Å². The molecule has 6 heteroatoms. The summed E-state index contributed by atoms with van der Waals surface area (Å²) in [6, 6.07) is 5.59. The number of hydrogen-bond acceptors (Lipinski definition) is 4. The Labute approximate surface area is 130 Å². The summed E-state index contributed by atoms with van der Waals surface area (Å²) in [7, 11) is 0. The van der Waals surface area contributed by atoms with Gasteiger partial charge in [0.05, 0.1) is 5.69 Å². The summed E-state index contributed by atoms with van der Waals surface area (Å²) in [6.07, 6.45) is 4.62. The van der Waals surface area contributed by atoms with Gasteiger partial charge in [0.15, 0.2) is 0 Å². The van der Waals surface area contributed by atoms with Gasteiger partial charge in [-0.3, -0.25) is 19.8 Å². The molecule has 0 radical (unpaired) electrons. The number of hydrogen-bond donors (Lipinski definition) is 1. The Morgan fingerprint density at radius 2 is 2.14 bits per heavy atom. The minimum Gasteiger partial charge on any atom is -0.335 e. The Bertz CT molecular complexity index is 616. The topological polar surface area (TPSA) is 65.1 Å². The first kappa shape index (κ1) is 14.7. The van der Waals surface area contributed by atoms with Gasteiger partial charge in [-0.1, -0.05) is 6.92 Å². The Hall–Kier alpha value is -2.21. The summed E-state index contributed by atoms with van der Waals surface area (Å²) < 4.78 is 0. The van der Waals surface area contributed by atoms with E-state index in [-0.39, 0.29) is 5.91 Å². The van der Waals surface area contributed by atoms with Gasteiger partial charge in [0.2, 0.25) is 0 Å². The summed E-state index contributed by atoms with van der Waals surface area (Å²) in [4.78, 5) is 20.9. The zero-order valence-electron chi connectivity index (χ0n) is 12.8. The Kier molecular flexibility index (Phi) is 4.48. The number of H-pyrrole nitrogens is 1. The second-order valence-corrected chi connectivity index (χ2v) is 5.54. The average Bonchev–Trinajstić information content (AvgIpc) is 3.06. The summed E-state index contributed by atoms with van der Waals surface area (Å²) in [6.45, 7) is 6.74. The summed E-state index contributed by atoms with van der Waals surface area (Å²) >= 11 is 0. The maximum Gasteiger partial charge on any atom is 0.271 e. The van der Waals surface area contributed by atoms with E-state index in [1.807, 2.05) is 17.0 Å². The molecule has 1 amide bonds. The molecule has 0 aromatic carbocycles. The maximum atomic E-state index is 12.5. The van der Waals surface area contributed by atoms with E-state index in [4.69, 9.17) is 0 Å². The Morgan fingerprint density at radius 3 is 2.82 bits per heavy atom. The lowest BCUT2D eigenvalue weighted by Gasteiger charge is -2.34. The standard InChI is InChI=1S/C16H21N5O/c1-2-6-20-7-9-21(10-8-20)16(22)15-11-14(18-19-15)13-4-3-5-17-12-13/h3-5,11-12H,2,6-10H2,1H3,(H,18,19). The van der Waals surface area contributed by atoms with Gasteiger partial charge >= 0.3 is 0 Å². The average molecular weight is 299 g/mol. The van der Waals surface area contributed by atoms with Crippen LogP contribution in [0.25, 0.3) is 11.3 Å². The molecule has 3 rings (SSSR count). The number of carbonyl (C=O) groups excluding carboxylic acids is 1. The Morgan fingerprint density at radius 1 is 1.32 bits per heavy atom. The van der Waals surface area contributed by atoms with Crippen LogP contribution in [0.15, 0.2) is 30.6 Å². The van der Waals surface area contributed by atoms with Gasteiger partial charge in [0.25, 0.3) is 5.91 Å². The van der Waals surface area contributed by atoms with Gasteiger partial charge < -0.3 is 4.90 Å². The first-order valence-corrected chi connectivity index (χ1v) is 7.75. The van der Waals surface area contributed by atoms with E-state index in [2.05, 4.69) is 27.0 Å². The van der Waals surface area contributed by atoms with Crippen LogP contribution in [0.2, 0.25) is 0 Å². The quantitative estimate of drug-likeness (QED) is 0.932. The molecule has 0 saturated carbocycles. The highest BCUT2D eigenvalue weighted by atomic mass is 16.2. The number of pyridine rings is 1. The van der Waals surface area contributed by atoms with Crippen molar-refractivity contribution in [1.29, 1.82) is 0 Å². The molecule has 0 bridgehead atoms. The van der Waals surface area contributed by atoms with Crippen LogP contribution in [0.4, 0.5) is 0 Å². The van der Waals surface area contributed by atoms with Crippen molar-refractivity contribution < 1.29 is 4.79 Å². The molecule has 0 spiro atoms. The van der Waals surface area contributed by atoms with Crippen LogP contribution >= 0.6 is 0 Å². The van der Waals surface area contributed by atoms with Crippen molar-refractivity contribution in [2.45, 2.75) is 13.3 Å². The predicted molar refractivity (Wildman–Crippen MR) is 84.5 cm³/mol. The summed E-state index contributed by atoms with van der Waals surface area (Å²) in [5.41, 5.74) is 2.20. The molecule has 1 aliphatic heterocycles. The van der Waals surface area contributed by atoms with Crippen molar-refractivity contribution in [2.75, 3.05) is 32.7 Å². The van der Waals surface area contributed by atoms with E-state index in [0.717, 1.165) is 50.4 Å². The van der Waals surface area contributed by atoms with Crippen LogP contribution in [0.5, 0.6) is 0 Å². The highest BCUT2D eigenvalue weighted by molar-refractivity contribution is 5.93. The smallest absolute Gasteiger partial charge is 0.271 e. The molecular weight excluding hydrogens is 278 g/mol. The fourth-order valence-corrected chi connectivity index (χ4v) is 2.75. The zero-order valence-corrected chi connectivity index (χ0v) is 12.8. The molecule has 3 heterocycles. The molecule has 0 unspecified atom stereocenters. The second kappa shape index (κ2) is 6.70. The number of nitrogens with zero attached hydrogens (tertiary/aromatic N) is 4. The first-order chi connectivity index (χ1) is 10.8. The van der Waals surface area contributed by atoms with Crippen molar-refractivity contribution in [3.8, 4) is 11.3 Å². The molecular formula is C16H21N5O.